The van der Waals surface area contributed by atoms with Crippen molar-refractivity contribution in [2.75, 3.05) is 19.0 Å². The van der Waals surface area contributed by atoms with Crippen LogP contribution < -0.4 is 4.90 Å². The fourth-order valence-electron chi connectivity index (χ4n) is 6.77. The molecule has 0 radical (unpaired) electrons. The molecule has 3 fully saturated rings. The van der Waals surface area contributed by atoms with Crippen LogP contribution in [0.25, 0.3) is 0 Å². The molecule has 0 aromatic heterocycles. The maximum atomic E-state index is 12.2. The summed E-state index contributed by atoms with van der Waals surface area (Å²) < 4.78 is 6.44. The van der Waals surface area contributed by atoms with E-state index in [-0.39, 0.29) is 23.7 Å². The first-order valence-corrected chi connectivity index (χ1v) is 12.8. The highest BCUT2D eigenvalue weighted by Gasteiger charge is 2.63. The average Bonchev–Trinajstić information content (AvgIpc) is 3.07. The first kappa shape index (κ1) is 24.2. The van der Waals surface area contributed by atoms with Crippen LogP contribution in [0.5, 0.6) is 0 Å². The van der Waals surface area contributed by atoms with Crippen LogP contribution in [-0.2, 0) is 9.53 Å². The Kier molecular flexibility index (Phi) is 5.69. The van der Waals surface area contributed by atoms with Gasteiger partial charge in [0.2, 0.25) is 0 Å². The zero-order chi connectivity index (χ0) is 25.2. The van der Waals surface area contributed by atoms with Crippen molar-refractivity contribution in [2.45, 2.75) is 82.5 Å². The van der Waals surface area contributed by atoms with Crippen molar-refractivity contribution < 1.29 is 19.7 Å². The van der Waals surface area contributed by atoms with Crippen LogP contribution in [0.4, 0.5) is 5.69 Å². The number of fused-ring (bicyclic) bond motifs is 4. The minimum atomic E-state index is -1.20. The van der Waals surface area contributed by atoms with Gasteiger partial charge in [-0.1, -0.05) is 30.9 Å². The van der Waals surface area contributed by atoms with Crippen LogP contribution in [0, 0.1) is 23.2 Å². The Morgan fingerprint density at radius 3 is 2.54 bits per heavy atom. The molecule has 0 spiro atoms. The van der Waals surface area contributed by atoms with Gasteiger partial charge in [0.25, 0.3) is 0 Å². The van der Waals surface area contributed by atoms with E-state index in [0.29, 0.717) is 19.3 Å². The van der Waals surface area contributed by atoms with E-state index in [1.165, 1.54) is 16.7 Å². The Morgan fingerprint density at radius 2 is 1.89 bits per heavy atom. The lowest BCUT2D eigenvalue weighted by Gasteiger charge is -2.52. The fourth-order valence-corrected chi connectivity index (χ4v) is 6.77. The van der Waals surface area contributed by atoms with Gasteiger partial charge in [0.05, 0.1) is 6.26 Å². The molecule has 1 heterocycles. The topological polar surface area (TPSA) is 70.0 Å². The van der Waals surface area contributed by atoms with Crippen molar-refractivity contribution in [3.63, 3.8) is 0 Å². The van der Waals surface area contributed by atoms with Crippen LogP contribution in [0.2, 0.25) is 0 Å². The molecule has 3 aliphatic carbocycles. The van der Waals surface area contributed by atoms with E-state index >= 15 is 0 Å². The zero-order valence-corrected chi connectivity index (χ0v) is 21.5. The molecule has 1 aliphatic heterocycles. The summed E-state index contributed by atoms with van der Waals surface area (Å²) in [7, 11) is 4.07. The number of carbonyl (C=O) groups is 1. The summed E-state index contributed by atoms with van der Waals surface area (Å²) >= 11 is 0. The number of allylic oxidation sites excluding steroid dienone is 2. The molecule has 0 amide bonds. The number of nitrogens with zero attached hydrogens (tertiary/aromatic N) is 1. The lowest BCUT2D eigenvalue weighted by molar-refractivity contribution is -0.119. The average molecular weight is 476 g/mol. The maximum Gasteiger partial charge on any atom is 0.137 e. The number of rotatable bonds is 2. The number of ether oxygens (including phenoxy) is 1. The van der Waals surface area contributed by atoms with Crippen LogP contribution in [-0.4, -0.2) is 47.4 Å². The second-order valence-electron chi connectivity index (χ2n) is 11.8. The molecule has 4 aliphatic rings. The van der Waals surface area contributed by atoms with Crippen molar-refractivity contribution in [1.82, 2.24) is 0 Å². The molecule has 5 atom stereocenters. The quantitative estimate of drug-likeness (QED) is 0.617. The number of aliphatic hydroxyl groups is 2. The third-order valence-electron chi connectivity index (χ3n) is 8.78. The Labute approximate surface area is 208 Å². The molecule has 1 aromatic rings. The second kappa shape index (κ2) is 8.25. The predicted octanol–water partition coefficient (Wildman–Crippen LogP) is 4.49. The molecular formula is C30H37NO4. The van der Waals surface area contributed by atoms with Gasteiger partial charge in [-0.15, -0.1) is 0 Å². The SMILES string of the molecule is CN(C)c1ccc(C2C[C@@]3(C)[C@@H](CC[C@@]3(O)C#CC(C)(C)O)[C@@H]3OC=C4CC(=O)CCC4=C23)cc1. The van der Waals surface area contributed by atoms with E-state index in [1.54, 1.807) is 13.8 Å². The maximum absolute atomic E-state index is 12.2. The highest BCUT2D eigenvalue weighted by molar-refractivity contribution is 5.84. The number of benzene rings is 1. The monoisotopic (exact) mass is 475 g/mol. The molecule has 186 valence electrons. The zero-order valence-electron chi connectivity index (χ0n) is 21.5. The molecule has 5 nitrogen and oxygen atoms in total. The molecular weight excluding hydrogens is 438 g/mol. The third kappa shape index (κ3) is 4.01. The highest BCUT2D eigenvalue weighted by Crippen LogP contribution is 2.64. The largest absolute Gasteiger partial charge is 0.493 e. The highest BCUT2D eigenvalue weighted by atomic mass is 16.5. The molecule has 1 unspecified atom stereocenters. The lowest BCUT2D eigenvalue weighted by atomic mass is 9.55. The fraction of sp³-hybridized carbons (Fsp3) is 0.567. The predicted molar refractivity (Wildman–Crippen MR) is 137 cm³/mol. The summed E-state index contributed by atoms with van der Waals surface area (Å²) in [6.07, 6.45) is 5.58. The molecule has 35 heavy (non-hydrogen) atoms. The summed E-state index contributed by atoms with van der Waals surface area (Å²) in [5.74, 6) is 6.46. The molecule has 2 N–H and O–H groups in total. The van der Waals surface area contributed by atoms with Crippen LogP contribution >= 0.6 is 0 Å². The Balaban J connectivity index is 1.63. The normalized spacial score (nSPS) is 34.1. The van der Waals surface area contributed by atoms with Crippen molar-refractivity contribution >= 4 is 11.5 Å². The molecule has 0 bridgehead atoms. The second-order valence-corrected chi connectivity index (χ2v) is 11.8. The molecule has 0 saturated heterocycles. The minimum Gasteiger partial charge on any atom is -0.493 e. The molecule has 3 saturated carbocycles. The van der Waals surface area contributed by atoms with Gasteiger partial charge in [0.1, 0.15) is 23.1 Å². The van der Waals surface area contributed by atoms with E-state index in [4.69, 9.17) is 4.74 Å². The molecule has 1 aromatic carbocycles. The van der Waals surface area contributed by atoms with Gasteiger partial charge in [-0.3, -0.25) is 4.79 Å². The summed E-state index contributed by atoms with van der Waals surface area (Å²) in [4.78, 5) is 14.3. The summed E-state index contributed by atoms with van der Waals surface area (Å²) in [5.41, 5.74) is 3.10. The Hall–Kier alpha value is -2.55. The standard InChI is InChI=1S/C30H37NO4/c1-28(2,33)14-15-30(34)13-12-25-27-26(23-11-10-22(32)16-20(23)18-35-27)24(17-29(25,30)3)19-6-8-21(9-7-19)31(4)5/h6-9,18,24-25,27,33-34H,10-13,16-17H2,1-5H3/t24?,25-,27-,29-,30+/m0/s1. The van der Waals surface area contributed by atoms with Crippen LogP contribution in [0.1, 0.15) is 70.8 Å². The van der Waals surface area contributed by atoms with Crippen molar-refractivity contribution in [3.8, 4) is 11.8 Å². The number of ketones is 1. The number of hydrogen-bond donors (Lipinski definition) is 2. The smallest absolute Gasteiger partial charge is 0.137 e. The van der Waals surface area contributed by atoms with Gasteiger partial charge in [-0.25, -0.2) is 0 Å². The Morgan fingerprint density at radius 1 is 1.17 bits per heavy atom. The van der Waals surface area contributed by atoms with Crippen molar-refractivity contribution in [2.24, 2.45) is 11.3 Å². The first-order valence-electron chi connectivity index (χ1n) is 12.8. The van der Waals surface area contributed by atoms with E-state index in [2.05, 4.69) is 47.9 Å². The summed E-state index contributed by atoms with van der Waals surface area (Å²) in [5, 5.41) is 22.2. The van der Waals surface area contributed by atoms with Gasteiger partial charge in [0, 0.05) is 49.9 Å². The van der Waals surface area contributed by atoms with E-state index in [0.717, 1.165) is 30.5 Å². The van der Waals surface area contributed by atoms with Gasteiger partial charge in [-0.2, -0.15) is 0 Å². The van der Waals surface area contributed by atoms with E-state index in [1.807, 2.05) is 20.4 Å². The van der Waals surface area contributed by atoms with E-state index < -0.39 is 16.6 Å². The third-order valence-corrected chi connectivity index (χ3v) is 8.78. The molecule has 5 rings (SSSR count). The van der Waals surface area contributed by atoms with Crippen molar-refractivity contribution in [3.05, 3.63) is 52.8 Å². The van der Waals surface area contributed by atoms with Gasteiger partial charge >= 0.3 is 0 Å². The minimum absolute atomic E-state index is 0.0675. The van der Waals surface area contributed by atoms with Gasteiger partial charge in [-0.05, 0) is 73.9 Å². The van der Waals surface area contributed by atoms with Gasteiger partial charge < -0.3 is 19.8 Å². The lowest BCUT2D eigenvalue weighted by Crippen LogP contribution is -2.53. The number of hydrogen-bond acceptors (Lipinski definition) is 5. The number of carbonyl (C=O) groups excluding carboxylic acids is 1. The summed E-state index contributed by atoms with van der Waals surface area (Å²) in [6, 6.07) is 8.67. The molecule has 5 heteroatoms. The van der Waals surface area contributed by atoms with Gasteiger partial charge in [0.15, 0.2) is 0 Å². The van der Waals surface area contributed by atoms with Crippen molar-refractivity contribution in [1.29, 1.82) is 0 Å². The number of Topliss-reactive ketones (excluding diaryl/α,β-unsaturated/α-hetero) is 1. The van der Waals surface area contributed by atoms with Crippen LogP contribution in [0.15, 0.2) is 47.2 Å². The van der Waals surface area contributed by atoms with E-state index in [9.17, 15) is 15.0 Å². The summed E-state index contributed by atoms with van der Waals surface area (Å²) in [6.45, 7) is 5.45. The van der Waals surface area contributed by atoms with Crippen LogP contribution in [0.3, 0.4) is 0 Å². The first-order chi connectivity index (χ1) is 16.4. The Bertz CT molecular complexity index is 1160. The number of anilines is 1.